The minimum absolute atomic E-state index is 0.00124. The van der Waals surface area contributed by atoms with Crippen LogP contribution in [-0.4, -0.2) is 46.0 Å². The number of ether oxygens (including phenoxy) is 2. The zero-order valence-electron chi connectivity index (χ0n) is 24.9. The second-order valence-corrected chi connectivity index (χ2v) is 11.5. The first-order chi connectivity index (χ1) is 22.1. The third-order valence-corrected chi connectivity index (χ3v) is 7.82. The van der Waals surface area contributed by atoms with Gasteiger partial charge in [-0.25, -0.2) is 19.3 Å². The second kappa shape index (κ2) is 11.7. The highest BCUT2D eigenvalue weighted by Crippen LogP contribution is 2.39. The molecule has 4 aromatic heterocycles. The molecule has 0 unspecified atom stereocenters. The summed E-state index contributed by atoms with van der Waals surface area (Å²) in [5, 5.41) is 14.7. The van der Waals surface area contributed by atoms with Crippen molar-refractivity contribution in [2.24, 2.45) is 0 Å². The van der Waals surface area contributed by atoms with Crippen molar-refractivity contribution >= 4 is 11.0 Å². The molecule has 0 amide bonds. The molecule has 6 aromatic rings. The van der Waals surface area contributed by atoms with Crippen LogP contribution in [0.5, 0.6) is 5.75 Å². The Morgan fingerprint density at radius 1 is 1.00 bits per heavy atom. The van der Waals surface area contributed by atoms with Gasteiger partial charge in [0.2, 0.25) is 0 Å². The van der Waals surface area contributed by atoms with Crippen molar-refractivity contribution < 1.29 is 27.8 Å². The lowest BCUT2D eigenvalue weighted by Crippen LogP contribution is -2.19. The first kappa shape index (κ1) is 29.6. The minimum Gasteiger partial charge on any atom is -0.431 e. The number of rotatable bonds is 7. The standard InChI is InChI=1S/C33H28F3N7O3/c1-33(2,44)31-38-11-21(12-39-31)20-5-6-27-28(8-20)43-16-24-25(17-45-18-29(43)41-27)23(9-26(34)30(24)46-32(35)36)22-13-40-42(15-22)14-19-4-3-7-37-10-19/h3-13,15,32,44H,14,16-18H2,1-2H3. The highest BCUT2D eigenvalue weighted by Gasteiger charge is 2.27. The maximum atomic E-state index is 15.7. The van der Waals surface area contributed by atoms with Crippen LogP contribution in [0.1, 0.15) is 42.2 Å². The lowest BCUT2D eigenvalue weighted by atomic mass is 9.95. The van der Waals surface area contributed by atoms with Crippen LogP contribution in [0.25, 0.3) is 33.3 Å². The third kappa shape index (κ3) is 5.70. The van der Waals surface area contributed by atoms with Gasteiger partial charge in [0.15, 0.2) is 17.4 Å². The molecular formula is C33H28F3N7O3. The van der Waals surface area contributed by atoms with Gasteiger partial charge in [0.05, 0.1) is 36.9 Å². The Kier molecular flexibility index (Phi) is 7.49. The number of aliphatic hydroxyl groups is 1. The number of benzene rings is 2. The van der Waals surface area contributed by atoms with Gasteiger partial charge in [0, 0.05) is 47.7 Å². The Hall–Kier alpha value is -5.14. The third-order valence-electron chi connectivity index (χ3n) is 7.82. The zero-order valence-corrected chi connectivity index (χ0v) is 24.9. The van der Waals surface area contributed by atoms with E-state index in [-0.39, 0.29) is 31.1 Å². The first-order valence-electron chi connectivity index (χ1n) is 14.5. The van der Waals surface area contributed by atoms with Gasteiger partial charge >= 0.3 is 6.61 Å². The number of halogens is 3. The Morgan fingerprint density at radius 3 is 2.57 bits per heavy atom. The van der Waals surface area contributed by atoms with Crippen LogP contribution in [0.3, 0.4) is 0 Å². The maximum absolute atomic E-state index is 15.7. The summed E-state index contributed by atoms with van der Waals surface area (Å²) in [5.74, 6) is -0.635. The molecule has 0 aliphatic carbocycles. The number of fused-ring (bicyclic) bond motifs is 4. The number of hydrogen-bond acceptors (Lipinski definition) is 8. The first-order valence-corrected chi connectivity index (χ1v) is 14.5. The molecule has 0 bridgehead atoms. The van der Waals surface area contributed by atoms with Crippen molar-refractivity contribution in [3.63, 3.8) is 0 Å². The summed E-state index contributed by atoms with van der Waals surface area (Å²) in [7, 11) is 0. The van der Waals surface area contributed by atoms with Crippen molar-refractivity contribution in [3.8, 4) is 28.0 Å². The molecule has 0 fully saturated rings. The Labute approximate surface area is 261 Å². The molecule has 234 valence electrons. The van der Waals surface area contributed by atoms with Crippen molar-refractivity contribution in [2.45, 2.75) is 52.4 Å². The van der Waals surface area contributed by atoms with Gasteiger partial charge in [-0.05, 0) is 60.4 Å². The van der Waals surface area contributed by atoms with Crippen LogP contribution in [0.15, 0.2) is 73.6 Å². The molecule has 0 saturated heterocycles. The van der Waals surface area contributed by atoms with Crippen LogP contribution in [-0.2, 0) is 36.6 Å². The molecule has 0 atom stereocenters. The van der Waals surface area contributed by atoms with E-state index in [1.165, 1.54) is 6.07 Å². The van der Waals surface area contributed by atoms with Gasteiger partial charge in [-0.1, -0.05) is 12.1 Å². The molecule has 7 rings (SSSR count). The van der Waals surface area contributed by atoms with Crippen LogP contribution in [0, 0.1) is 5.82 Å². The normalized spacial score (nSPS) is 13.4. The summed E-state index contributed by atoms with van der Waals surface area (Å²) >= 11 is 0. The smallest absolute Gasteiger partial charge is 0.387 e. The Balaban J connectivity index is 1.32. The fourth-order valence-electron chi connectivity index (χ4n) is 5.63. The summed E-state index contributed by atoms with van der Waals surface area (Å²) in [6.07, 6.45) is 10.0. The minimum atomic E-state index is -3.24. The van der Waals surface area contributed by atoms with Crippen molar-refractivity contribution in [2.75, 3.05) is 0 Å². The number of aromatic nitrogens is 7. The number of nitrogens with zero attached hydrogens (tertiary/aromatic N) is 7. The predicted octanol–water partition coefficient (Wildman–Crippen LogP) is 5.85. The molecule has 2 aromatic carbocycles. The Morgan fingerprint density at radius 2 is 1.83 bits per heavy atom. The summed E-state index contributed by atoms with van der Waals surface area (Å²) in [5.41, 5.74) is 4.32. The molecule has 1 aliphatic rings. The predicted molar refractivity (Wildman–Crippen MR) is 161 cm³/mol. The van der Waals surface area contributed by atoms with E-state index in [0.29, 0.717) is 45.7 Å². The maximum Gasteiger partial charge on any atom is 0.387 e. The SMILES string of the molecule is CC(C)(O)c1ncc(-c2ccc3nc4n(c3c2)Cc2c(c(-c3cnn(Cc5cccnc5)c3)cc(F)c2OC(F)F)COC4)cn1. The number of pyridine rings is 1. The summed E-state index contributed by atoms with van der Waals surface area (Å²) in [4.78, 5) is 17.5. The van der Waals surface area contributed by atoms with Crippen LogP contribution in [0.4, 0.5) is 13.2 Å². The van der Waals surface area contributed by atoms with Gasteiger partial charge in [0.25, 0.3) is 0 Å². The fraction of sp³-hybridized carbons (Fsp3) is 0.242. The number of hydrogen-bond donors (Lipinski definition) is 1. The van der Waals surface area contributed by atoms with Crippen molar-refractivity contribution in [1.82, 2.24) is 34.3 Å². The molecule has 1 aliphatic heterocycles. The van der Waals surface area contributed by atoms with Gasteiger partial charge in [-0.2, -0.15) is 13.9 Å². The number of alkyl halides is 2. The largest absolute Gasteiger partial charge is 0.431 e. The molecule has 1 N–H and O–H groups in total. The van der Waals surface area contributed by atoms with Gasteiger partial charge < -0.3 is 19.1 Å². The quantitative estimate of drug-likeness (QED) is 0.235. The van der Waals surface area contributed by atoms with Crippen LogP contribution in [0.2, 0.25) is 0 Å². The molecule has 10 nitrogen and oxygen atoms in total. The lowest BCUT2D eigenvalue weighted by molar-refractivity contribution is -0.0531. The molecule has 0 spiro atoms. The van der Waals surface area contributed by atoms with Crippen molar-refractivity contribution in [1.29, 1.82) is 0 Å². The topological polar surface area (TPSA) is 113 Å². The highest BCUT2D eigenvalue weighted by atomic mass is 19.3. The van der Waals surface area contributed by atoms with E-state index in [1.54, 1.807) is 55.7 Å². The monoisotopic (exact) mass is 627 g/mol. The fourth-order valence-corrected chi connectivity index (χ4v) is 5.63. The van der Waals surface area contributed by atoms with E-state index in [9.17, 15) is 13.9 Å². The Bertz CT molecular complexity index is 2040. The molecule has 5 heterocycles. The summed E-state index contributed by atoms with van der Waals surface area (Å²) in [6, 6.07) is 10.5. The van der Waals surface area contributed by atoms with Crippen molar-refractivity contribution in [3.05, 3.63) is 108 Å². The lowest BCUT2D eigenvalue weighted by Gasteiger charge is -2.23. The van der Waals surface area contributed by atoms with E-state index in [1.807, 2.05) is 34.9 Å². The van der Waals surface area contributed by atoms with Crippen LogP contribution < -0.4 is 4.74 Å². The van der Waals surface area contributed by atoms with E-state index in [4.69, 9.17) is 14.5 Å². The molecular weight excluding hydrogens is 599 g/mol. The average Bonchev–Trinajstić information content (AvgIpc) is 3.62. The molecule has 46 heavy (non-hydrogen) atoms. The highest BCUT2D eigenvalue weighted by molar-refractivity contribution is 5.83. The zero-order chi connectivity index (χ0) is 32.0. The van der Waals surface area contributed by atoms with E-state index in [0.717, 1.165) is 11.1 Å². The molecule has 0 saturated carbocycles. The molecule has 13 heteroatoms. The van der Waals surface area contributed by atoms with Gasteiger partial charge in [0.1, 0.15) is 18.0 Å². The van der Waals surface area contributed by atoms with E-state index >= 15 is 4.39 Å². The summed E-state index contributed by atoms with van der Waals surface area (Å²) < 4.78 is 57.3. The van der Waals surface area contributed by atoms with Gasteiger partial charge in [-0.15, -0.1) is 0 Å². The van der Waals surface area contributed by atoms with E-state index < -0.39 is 23.8 Å². The van der Waals surface area contributed by atoms with Gasteiger partial charge in [-0.3, -0.25) is 9.67 Å². The van der Waals surface area contributed by atoms with E-state index in [2.05, 4.69) is 20.1 Å². The number of imidazole rings is 1. The second-order valence-electron chi connectivity index (χ2n) is 11.5. The average molecular weight is 628 g/mol. The van der Waals surface area contributed by atoms with Crippen LogP contribution >= 0.6 is 0 Å². The summed E-state index contributed by atoms with van der Waals surface area (Å²) in [6.45, 7) is 0.556. The molecule has 0 radical (unpaired) electrons.